The third-order valence-corrected chi connectivity index (χ3v) is 6.73. The van der Waals surface area contributed by atoms with Crippen LogP contribution in [0, 0.1) is 0 Å². The Labute approximate surface area is 212 Å². The van der Waals surface area contributed by atoms with E-state index >= 15 is 0 Å². The minimum Gasteiger partial charge on any atom is -0.465 e. The van der Waals surface area contributed by atoms with Crippen molar-refractivity contribution in [1.29, 1.82) is 0 Å². The lowest BCUT2D eigenvalue weighted by Crippen LogP contribution is -2.48. The molecule has 198 valence electrons. The molecule has 2 aliphatic rings. The van der Waals surface area contributed by atoms with Gasteiger partial charge >= 0.3 is 0 Å². The fourth-order valence-corrected chi connectivity index (χ4v) is 4.55. The molecule has 0 spiro atoms. The summed E-state index contributed by atoms with van der Waals surface area (Å²) in [4.78, 5) is 12.7. The summed E-state index contributed by atoms with van der Waals surface area (Å²) in [6, 6.07) is 13.1. The summed E-state index contributed by atoms with van der Waals surface area (Å²) in [7, 11) is 0. The second-order valence-corrected chi connectivity index (χ2v) is 9.52. The van der Waals surface area contributed by atoms with E-state index in [0.29, 0.717) is 33.8 Å². The van der Waals surface area contributed by atoms with Gasteiger partial charge in [0.1, 0.15) is 35.1 Å². The maximum atomic E-state index is 12.7. The van der Waals surface area contributed by atoms with Crippen molar-refractivity contribution in [1.82, 2.24) is 0 Å². The fraction of sp³-hybridized carbons (Fsp3) is 0.444. The van der Waals surface area contributed by atoms with Gasteiger partial charge in [-0.25, -0.2) is 0 Å². The van der Waals surface area contributed by atoms with Crippen molar-refractivity contribution in [2.24, 2.45) is 0 Å². The molecule has 0 aliphatic carbocycles. The van der Waals surface area contributed by atoms with E-state index in [-0.39, 0.29) is 18.3 Å². The predicted molar refractivity (Wildman–Crippen MR) is 131 cm³/mol. The van der Waals surface area contributed by atoms with E-state index in [0.717, 1.165) is 0 Å². The van der Waals surface area contributed by atoms with E-state index in [1.165, 1.54) is 6.07 Å². The fourth-order valence-electron chi connectivity index (χ4n) is 4.55. The van der Waals surface area contributed by atoms with E-state index in [1.807, 2.05) is 0 Å². The first kappa shape index (κ1) is 25.7. The second kappa shape index (κ2) is 10.4. The smallest absolute Gasteiger partial charge is 0.202 e. The predicted octanol–water partition coefficient (Wildman–Crippen LogP) is 1.93. The minimum absolute atomic E-state index is 0.103. The van der Waals surface area contributed by atoms with E-state index in [4.69, 9.17) is 23.4 Å². The maximum absolute atomic E-state index is 12.7. The Bertz CT molecular complexity index is 1260. The third kappa shape index (κ3) is 5.49. The Morgan fingerprint density at radius 2 is 1.30 bits per heavy atom. The molecule has 3 heterocycles. The zero-order valence-corrected chi connectivity index (χ0v) is 20.4. The number of ether oxygens (including phenoxy) is 4. The molecule has 10 nitrogen and oxygen atoms in total. The van der Waals surface area contributed by atoms with Crippen LogP contribution < -0.4 is 14.9 Å². The van der Waals surface area contributed by atoms with Crippen LogP contribution in [0.3, 0.4) is 0 Å². The number of rotatable bonds is 5. The quantitative estimate of drug-likeness (QED) is 0.398. The Morgan fingerprint density at radius 3 is 1.86 bits per heavy atom. The summed E-state index contributed by atoms with van der Waals surface area (Å²) in [5.74, 6) is 1.24. The number of benzene rings is 2. The van der Waals surface area contributed by atoms with Gasteiger partial charge in [0.25, 0.3) is 0 Å². The van der Waals surface area contributed by atoms with E-state index < -0.39 is 49.2 Å². The van der Waals surface area contributed by atoms with E-state index in [1.54, 1.807) is 56.3 Å². The highest BCUT2D eigenvalue weighted by molar-refractivity contribution is 5.80. The van der Waals surface area contributed by atoms with Gasteiger partial charge in [-0.15, -0.1) is 0 Å². The third-order valence-electron chi connectivity index (χ3n) is 6.73. The van der Waals surface area contributed by atoms with Crippen molar-refractivity contribution in [3.63, 3.8) is 0 Å². The molecule has 4 N–H and O–H groups in total. The van der Waals surface area contributed by atoms with Crippen LogP contribution in [0.2, 0.25) is 0 Å². The van der Waals surface area contributed by atoms with Crippen molar-refractivity contribution < 1.29 is 43.8 Å². The Balaban J connectivity index is 1.32. The molecule has 0 bridgehead atoms. The minimum atomic E-state index is -0.980. The topological polar surface area (TPSA) is 148 Å². The van der Waals surface area contributed by atoms with Crippen LogP contribution in [0.15, 0.2) is 57.7 Å². The van der Waals surface area contributed by atoms with E-state index in [9.17, 15) is 25.2 Å². The van der Waals surface area contributed by atoms with Crippen LogP contribution in [0.1, 0.15) is 26.7 Å². The first-order valence-electron chi connectivity index (χ1n) is 12.2. The van der Waals surface area contributed by atoms with Gasteiger partial charge in [0.15, 0.2) is 5.43 Å². The van der Waals surface area contributed by atoms with Crippen LogP contribution in [-0.2, 0) is 9.47 Å². The average Bonchev–Trinajstić information content (AvgIpc) is 2.86. The van der Waals surface area contributed by atoms with Crippen molar-refractivity contribution in [3.05, 3.63) is 58.8 Å². The molecule has 1 aromatic heterocycles. The highest BCUT2D eigenvalue weighted by Gasteiger charge is 2.36. The Kier molecular flexibility index (Phi) is 7.21. The van der Waals surface area contributed by atoms with Gasteiger partial charge < -0.3 is 43.8 Å². The number of aliphatic hydroxyl groups excluding tert-OH is 4. The molecule has 2 aliphatic heterocycles. The highest BCUT2D eigenvalue weighted by Crippen LogP contribution is 2.30. The zero-order valence-electron chi connectivity index (χ0n) is 20.4. The normalized spacial score (nSPS) is 32.3. The first-order chi connectivity index (χ1) is 17.7. The highest BCUT2D eigenvalue weighted by atomic mass is 16.7. The van der Waals surface area contributed by atoms with Gasteiger partial charge in [0, 0.05) is 30.5 Å². The summed E-state index contributed by atoms with van der Waals surface area (Å²) in [6.45, 7) is 3.32. The molecule has 3 aromatic rings. The van der Waals surface area contributed by atoms with Gasteiger partial charge in [-0.2, -0.15) is 0 Å². The molecule has 0 radical (unpaired) electrons. The average molecular weight is 515 g/mol. The van der Waals surface area contributed by atoms with Crippen molar-refractivity contribution in [3.8, 4) is 22.8 Å². The van der Waals surface area contributed by atoms with Crippen LogP contribution in [-0.4, -0.2) is 69.6 Å². The van der Waals surface area contributed by atoms with Gasteiger partial charge in [-0.05, 0) is 50.2 Å². The largest absolute Gasteiger partial charge is 0.465 e. The molecule has 5 rings (SSSR count). The molecule has 2 saturated heterocycles. The summed E-state index contributed by atoms with van der Waals surface area (Å²) in [5.41, 5.74) is 0.746. The van der Waals surface area contributed by atoms with Gasteiger partial charge in [-0.1, -0.05) is 0 Å². The molecule has 37 heavy (non-hydrogen) atoms. The number of hydrogen-bond donors (Lipinski definition) is 4. The molecule has 0 saturated carbocycles. The monoisotopic (exact) mass is 514 g/mol. The lowest BCUT2D eigenvalue weighted by molar-refractivity contribution is -0.216. The lowest BCUT2D eigenvalue weighted by Gasteiger charge is -2.35. The lowest BCUT2D eigenvalue weighted by atomic mass is 10.0. The number of fused-ring (bicyclic) bond motifs is 1. The van der Waals surface area contributed by atoms with Crippen LogP contribution in [0.4, 0.5) is 0 Å². The van der Waals surface area contributed by atoms with Crippen molar-refractivity contribution >= 4 is 11.0 Å². The first-order valence-corrected chi connectivity index (χ1v) is 12.2. The molecule has 2 aromatic carbocycles. The number of hydrogen-bond acceptors (Lipinski definition) is 10. The van der Waals surface area contributed by atoms with Crippen molar-refractivity contribution in [2.45, 2.75) is 75.9 Å². The Hall–Kier alpha value is -2.99. The summed E-state index contributed by atoms with van der Waals surface area (Å²) >= 11 is 0. The molecular weight excluding hydrogens is 484 g/mol. The molecular formula is C27H30O10. The standard InChI is InChI=1S/C27H30O10/c1-13-26(31)20(29)11-24(33-13)35-16-5-3-15(4-6-16)22-10-19(28)18-8-7-17(9-23(18)37-22)36-25-12-21(30)27(32)14(2)34-25/h3-10,13-14,20-21,24-27,29-32H,11-12H2,1-2H3/t13-,14-,20-,21-,24-,25-,26+,27+/m0/s1. The van der Waals surface area contributed by atoms with Gasteiger partial charge in [0.05, 0.1) is 29.8 Å². The molecule has 2 fully saturated rings. The van der Waals surface area contributed by atoms with Gasteiger partial charge in [0.2, 0.25) is 12.6 Å². The number of aliphatic hydroxyl groups is 4. The van der Waals surface area contributed by atoms with Crippen molar-refractivity contribution in [2.75, 3.05) is 0 Å². The zero-order chi connectivity index (χ0) is 26.3. The maximum Gasteiger partial charge on any atom is 0.202 e. The summed E-state index contributed by atoms with van der Waals surface area (Å²) in [5, 5.41) is 40.0. The summed E-state index contributed by atoms with van der Waals surface area (Å²) < 4.78 is 28.8. The van der Waals surface area contributed by atoms with Gasteiger partial charge in [-0.3, -0.25) is 4.79 Å². The summed E-state index contributed by atoms with van der Waals surface area (Å²) in [6.07, 6.45) is -6.18. The SMILES string of the molecule is C[C@@H]1O[C@@H](Oc2ccc(-c3cc(=O)c4ccc(O[C@H]5C[C@H](O)[C@H](O)[C@H](C)O5)cc4o3)cc2)C[C@H](O)[C@@H]1O. The van der Waals surface area contributed by atoms with Crippen LogP contribution >= 0.6 is 0 Å². The Morgan fingerprint density at radius 1 is 0.757 bits per heavy atom. The van der Waals surface area contributed by atoms with Crippen LogP contribution in [0.5, 0.6) is 11.5 Å². The molecule has 8 atom stereocenters. The second-order valence-electron chi connectivity index (χ2n) is 9.52. The van der Waals surface area contributed by atoms with Crippen LogP contribution in [0.25, 0.3) is 22.3 Å². The molecule has 0 amide bonds. The molecule has 10 heteroatoms. The molecule has 0 unspecified atom stereocenters. The van der Waals surface area contributed by atoms with E-state index in [2.05, 4.69) is 0 Å².